The Morgan fingerprint density at radius 1 is 1.31 bits per heavy atom. The maximum Gasteiger partial charge on any atom is 0.420 e. The number of amides is 1. The lowest BCUT2D eigenvalue weighted by molar-refractivity contribution is -0.160. The van der Waals surface area contributed by atoms with Crippen LogP contribution in [0.15, 0.2) is 23.4 Å². The van der Waals surface area contributed by atoms with Crippen molar-refractivity contribution in [2.45, 2.75) is 69.1 Å². The minimum Gasteiger partial charge on any atom is -0.321 e. The Balaban J connectivity index is 1.71. The van der Waals surface area contributed by atoms with Crippen LogP contribution in [0.4, 0.5) is 27.6 Å². The highest BCUT2D eigenvalue weighted by molar-refractivity contribution is 7.99. The fraction of sp³-hybridized carbons (Fsp3) is 0.571. The van der Waals surface area contributed by atoms with E-state index in [0.717, 1.165) is 10.4 Å². The molecular weight excluding hydrogens is 451 g/mol. The third-order valence-corrected chi connectivity index (χ3v) is 6.44. The first-order chi connectivity index (χ1) is 14.9. The first-order valence-electron chi connectivity index (χ1n) is 10.4. The van der Waals surface area contributed by atoms with Crippen LogP contribution in [0, 0.1) is 5.41 Å². The van der Waals surface area contributed by atoms with Crippen molar-refractivity contribution in [3.8, 4) is 0 Å². The molecule has 2 aromatic heterocycles. The van der Waals surface area contributed by atoms with E-state index in [2.05, 4.69) is 15.4 Å². The molecule has 4 rings (SSSR count). The standard InChI is InChI=1S/C21H23F5N4OS/c1-3-32-14-8-13(6-7-27-14)28-18(31)17-15(21(24,25)26)16(12-4-5-12)29-30(17)11-19(2)9-20(22,23)10-19/h6-8,12H,3-5,9-11H2,1-2H3,(H,27,28,31). The van der Waals surface area contributed by atoms with Crippen molar-refractivity contribution < 1.29 is 26.7 Å². The predicted octanol–water partition coefficient (Wildman–Crippen LogP) is 5.97. The van der Waals surface area contributed by atoms with Gasteiger partial charge in [0, 0.05) is 37.2 Å². The van der Waals surface area contributed by atoms with Gasteiger partial charge in [-0.15, -0.1) is 11.8 Å². The largest absolute Gasteiger partial charge is 0.420 e. The average Bonchev–Trinajstić information content (AvgIpc) is 3.41. The van der Waals surface area contributed by atoms with E-state index in [0.29, 0.717) is 23.6 Å². The fourth-order valence-electron chi connectivity index (χ4n) is 4.32. The minimum absolute atomic E-state index is 0.172. The highest BCUT2D eigenvalue weighted by Crippen LogP contribution is 2.53. The third kappa shape index (κ3) is 4.77. The van der Waals surface area contributed by atoms with Crippen LogP contribution in [0.5, 0.6) is 0 Å². The minimum atomic E-state index is -4.80. The molecule has 0 radical (unpaired) electrons. The number of nitrogens with one attached hydrogen (secondary N) is 1. The summed E-state index contributed by atoms with van der Waals surface area (Å²) in [6.07, 6.45) is -3.14. The summed E-state index contributed by atoms with van der Waals surface area (Å²) in [5.74, 6) is -3.45. The summed E-state index contributed by atoms with van der Waals surface area (Å²) >= 11 is 1.43. The summed E-state index contributed by atoms with van der Waals surface area (Å²) in [5.41, 5.74) is -2.50. The van der Waals surface area contributed by atoms with Gasteiger partial charge in [0.2, 0.25) is 5.92 Å². The van der Waals surface area contributed by atoms with Crippen LogP contribution in [-0.4, -0.2) is 32.3 Å². The SMILES string of the molecule is CCSc1cc(NC(=O)c2c(C(F)(F)F)c(C3CC3)nn2CC2(C)CC(F)(F)C2)ccn1. The summed E-state index contributed by atoms with van der Waals surface area (Å²) in [6, 6.07) is 3.07. The highest BCUT2D eigenvalue weighted by Gasteiger charge is 2.55. The number of nitrogens with zero attached hydrogens (tertiary/aromatic N) is 3. The van der Waals surface area contributed by atoms with Gasteiger partial charge < -0.3 is 5.32 Å². The second-order valence-electron chi connectivity index (χ2n) is 8.83. The Morgan fingerprint density at radius 3 is 2.56 bits per heavy atom. The Morgan fingerprint density at radius 2 is 2.00 bits per heavy atom. The zero-order valence-electron chi connectivity index (χ0n) is 17.6. The molecule has 0 spiro atoms. The van der Waals surface area contributed by atoms with Gasteiger partial charge in [-0.1, -0.05) is 13.8 Å². The summed E-state index contributed by atoms with van der Waals surface area (Å²) in [4.78, 5) is 17.2. The van der Waals surface area contributed by atoms with Crippen LogP contribution >= 0.6 is 11.8 Å². The Kier molecular flexibility index (Phi) is 5.75. The van der Waals surface area contributed by atoms with Crippen LogP contribution in [0.1, 0.15) is 67.2 Å². The van der Waals surface area contributed by atoms with E-state index in [1.807, 2.05) is 6.92 Å². The second kappa shape index (κ2) is 8.00. The van der Waals surface area contributed by atoms with E-state index in [9.17, 15) is 26.7 Å². The molecule has 0 atom stereocenters. The van der Waals surface area contributed by atoms with Crippen molar-refractivity contribution in [1.82, 2.24) is 14.8 Å². The first-order valence-corrected chi connectivity index (χ1v) is 11.4. The van der Waals surface area contributed by atoms with E-state index < -0.39 is 47.5 Å². The van der Waals surface area contributed by atoms with Crippen molar-refractivity contribution in [3.05, 3.63) is 35.3 Å². The van der Waals surface area contributed by atoms with Gasteiger partial charge in [0.05, 0.1) is 10.7 Å². The van der Waals surface area contributed by atoms with Crippen LogP contribution in [0.3, 0.4) is 0 Å². The van der Waals surface area contributed by atoms with Crippen molar-refractivity contribution in [2.24, 2.45) is 5.41 Å². The number of rotatable bonds is 7. The van der Waals surface area contributed by atoms with Gasteiger partial charge in [0.1, 0.15) is 11.3 Å². The van der Waals surface area contributed by atoms with E-state index in [4.69, 9.17) is 0 Å². The molecule has 11 heteroatoms. The molecule has 0 aliphatic heterocycles. The number of pyridine rings is 1. The molecule has 0 aromatic carbocycles. The fourth-order valence-corrected chi connectivity index (χ4v) is 4.96. The smallest absolute Gasteiger partial charge is 0.321 e. The van der Waals surface area contributed by atoms with Crippen LogP contribution in [-0.2, 0) is 12.7 Å². The number of aromatic nitrogens is 3. The number of alkyl halides is 5. The summed E-state index contributed by atoms with van der Waals surface area (Å²) in [7, 11) is 0. The normalized spacial score (nSPS) is 19.5. The number of anilines is 1. The molecule has 0 saturated heterocycles. The van der Waals surface area contributed by atoms with Gasteiger partial charge in [-0.05, 0) is 36.1 Å². The second-order valence-corrected chi connectivity index (χ2v) is 10.1. The Labute approximate surface area is 186 Å². The van der Waals surface area contributed by atoms with Gasteiger partial charge >= 0.3 is 6.18 Å². The molecule has 1 amide bonds. The average molecular weight is 474 g/mol. The molecule has 2 aliphatic rings. The third-order valence-electron chi connectivity index (χ3n) is 5.63. The van der Waals surface area contributed by atoms with Gasteiger partial charge in [-0.3, -0.25) is 9.48 Å². The highest BCUT2D eigenvalue weighted by atomic mass is 32.2. The van der Waals surface area contributed by atoms with E-state index in [-0.39, 0.29) is 18.2 Å². The summed E-state index contributed by atoms with van der Waals surface area (Å²) < 4.78 is 70.2. The molecule has 2 saturated carbocycles. The molecular formula is C21H23F5N4OS. The van der Waals surface area contributed by atoms with E-state index in [1.54, 1.807) is 13.0 Å². The van der Waals surface area contributed by atoms with Gasteiger partial charge in [-0.25, -0.2) is 13.8 Å². The van der Waals surface area contributed by atoms with Gasteiger partial charge in [0.15, 0.2) is 0 Å². The lowest BCUT2D eigenvalue weighted by Crippen LogP contribution is -2.47. The molecule has 2 heterocycles. The quantitative estimate of drug-likeness (QED) is 0.397. The zero-order valence-corrected chi connectivity index (χ0v) is 18.4. The lowest BCUT2D eigenvalue weighted by Gasteiger charge is -2.44. The zero-order chi connectivity index (χ0) is 23.3. The molecule has 0 bridgehead atoms. The number of thioether (sulfide) groups is 1. The molecule has 174 valence electrons. The van der Waals surface area contributed by atoms with Crippen molar-refractivity contribution in [3.63, 3.8) is 0 Å². The predicted molar refractivity (Wildman–Crippen MR) is 110 cm³/mol. The molecule has 2 fully saturated rings. The molecule has 5 nitrogen and oxygen atoms in total. The summed E-state index contributed by atoms with van der Waals surface area (Å²) in [5, 5.41) is 7.28. The van der Waals surface area contributed by atoms with E-state index in [1.165, 1.54) is 24.0 Å². The summed E-state index contributed by atoms with van der Waals surface area (Å²) in [6.45, 7) is 3.32. The van der Waals surface area contributed by atoms with Crippen LogP contribution < -0.4 is 5.32 Å². The number of hydrogen-bond acceptors (Lipinski definition) is 4. The maximum atomic E-state index is 14.1. The molecule has 2 aliphatic carbocycles. The van der Waals surface area contributed by atoms with Gasteiger partial charge in [-0.2, -0.15) is 18.3 Å². The number of carbonyl (C=O) groups excluding carboxylic acids is 1. The Bertz CT molecular complexity index is 1020. The Hall–Kier alpha value is -2.17. The van der Waals surface area contributed by atoms with Gasteiger partial charge in [0.25, 0.3) is 5.91 Å². The molecule has 32 heavy (non-hydrogen) atoms. The number of halogens is 5. The van der Waals surface area contributed by atoms with E-state index >= 15 is 0 Å². The molecule has 1 N–H and O–H groups in total. The first kappa shape index (κ1) is 23.0. The number of hydrogen-bond donors (Lipinski definition) is 1. The maximum absolute atomic E-state index is 14.1. The number of carbonyl (C=O) groups is 1. The molecule has 2 aromatic rings. The molecule has 0 unspecified atom stereocenters. The van der Waals surface area contributed by atoms with Crippen molar-refractivity contribution in [2.75, 3.05) is 11.1 Å². The van der Waals surface area contributed by atoms with Crippen molar-refractivity contribution >= 4 is 23.4 Å². The monoisotopic (exact) mass is 474 g/mol. The van der Waals surface area contributed by atoms with Crippen LogP contribution in [0.2, 0.25) is 0 Å². The topological polar surface area (TPSA) is 59.8 Å². The van der Waals surface area contributed by atoms with Crippen molar-refractivity contribution in [1.29, 1.82) is 0 Å². The van der Waals surface area contributed by atoms with Crippen LogP contribution in [0.25, 0.3) is 0 Å². The lowest BCUT2D eigenvalue weighted by atomic mass is 9.67.